The summed E-state index contributed by atoms with van der Waals surface area (Å²) in [5.74, 6) is 1.69. The van der Waals surface area contributed by atoms with Gasteiger partial charge in [-0.1, -0.05) is 43.5 Å². The summed E-state index contributed by atoms with van der Waals surface area (Å²) in [5.41, 5.74) is 3.50. The van der Waals surface area contributed by atoms with E-state index in [2.05, 4.69) is 47.4 Å². The molecule has 1 unspecified atom stereocenters. The fourth-order valence-corrected chi connectivity index (χ4v) is 5.05. The highest BCUT2D eigenvalue weighted by atomic mass is 16.5. The lowest BCUT2D eigenvalue weighted by molar-refractivity contribution is -0.149. The maximum absolute atomic E-state index is 11.0. The van der Waals surface area contributed by atoms with E-state index in [-0.39, 0.29) is 12.0 Å². The number of fused-ring (bicyclic) bond motifs is 1. The SMILES string of the molecule is O=C(O)C1CN(C2COc3cc(-c4ccc(OCC5CCCCC5)cc4)ccc3C2)C1. The van der Waals surface area contributed by atoms with E-state index in [4.69, 9.17) is 14.6 Å². The van der Waals surface area contributed by atoms with E-state index in [0.29, 0.717) is 25.6 Å². The zero-order chi connectivity index (χ0) is 21.2. The molecule has 1 atom stereocenters. The number of aliphatic carboxylic acids is 1. The standard InChI is InChI=1S/C26H31NO4/c28-26(29)22-14-27(15-22)23-12-21-7-6-20(13-25(21)31-17-23)19-8-10-24(11-9-19)30-16-18-4-2-1-3-5-18/h6-11,13,18,22-23H,1-5,12,14-17H2,(H,28,29). The Labute approximate surface area is 184 Å². The van der Waals surface area contributed by atoms with E-state index in [1.54, 1.807) is 0 Å². The lowest BCUT2D eigenvalue weighted by atomic mass is 9.90. The van der Waals surface area contributed by atoms with Crippen LogP contribution in [0.3, 0.4) is 0 Å². The van der Waals surface area contributed by atoms with Crippen LogP contribution >= 0.6 is 0 Å². The number of ether oxygens (including phenoxy) is 2. The summed E-state index contributed by atoms with van der Waals surface area (Å²) in [7, 11) is 0. The van der Waals surface area contributed by atoms with E-state index in [1.807, 2.05) is 0 Å². The Morgan fingerprint density at radius 2 is 1.77 bits per heavy atom. The van der Waals surface area contributed by atoms with Crippen LogP contribution in [0.25, 0.3) is 11.1 Å². The number of hydrogen-bond acceptors (Lipinski definition) is 4. The summed E-state index contributed by atoms with van der Waals surface area (Å²) in [6, 6.07) is 15.1. The molecule has 2 heterocycles. The minimum absolute atomic E-state index is 0.224. The lowest BCUT2D eigenvalue weighted by Crippen LogP contribution is -2.57. The lowest BCUT2D eigenvalue weighted by Gasteiger charge is -2.43. The largest absolute Gasteiger partial charge is 0.493 e. The molecule has 0 spiro atoms. The Morgan fingerprint density at radius 1 is 1.03 bits per heavy atom. The van der Waals surface area contributed by atoms with Crippen molar-refractivity contribution < 1.29 is 19.4 Å². The van der Waals surface area contributed by atoms with Crippen molar-refractivity contribution in [2.45, 2.75) is 44.6 Å². The van der Waals surface area contributed by atoms with Gasteiger partial charge in [-0.3, -0.25) is 9.69 Å². The highest BCUT2D eigenvalue weighted by molar-refractivity contribution is 5.71. The van der Waals surface area contributed by atoms with Gasteiger partial charge in [0.1, 0.15) is 18.1 Å². The first-order chi connectivity index (χ1) is 15.2. The highest BCUT2D eigenvalue weighted by Crippen LogP contribution is 2.34. The minimum Gasteiger partial charge on any atom is -0.493 e. The van der Waals surface area contributed by atoms with Crippen molar-refractivity contribution in [2.75, 3.05) is 26.3 Å². The molecule has 0 amide bonds. The van der Waals surface area contributed by atoms with Crippen LogP contribution in [0.1, 0.15) is 37.7 Å². The molecule has 31 heavy (non-hydrogen) atoms. The predicted octanol–water partition coefficient (Wildman–Crippen LogP) is 4.63. The van der Waals surface area contributed by atoms with E-state index in [0.717, 1.165) is 35.7 Å². The predicted molar refractivity (Wildman–Crippen MR) is 120 cm³/mol. The molecule has 164 valence electrons. The molecule has 0 aromatic heterocycles. The first kappa shape index (κ1) is 20.4. The van der Waals surface area contributed by atoms with Crippen LogP contribution in [0, 0.1) is 11.8 Å². The van der Waals surface area contributed by atoms with Gasteiger partial charge < -0.3 is 14.6 Å². The third-order valence-electron chi connectivity index (χ3n) is 7.13. The Bertz CT molecular complexity index is 914. The molecule has 1 saturated heterocycles. The molecular formula is C26H31NO4. The summed E-state index contributed by atoms with van der Waals surface area (Å²) < 4.78 is 12.1. The van der Waals surface area contributed by atoms with E-state index in [9.17, 15) is 4.79 Å². The maximum atomic E-state index is 11.0. The van der Waals surface area contributed by atoms with Crippen LogP contribution in [0.2, 0.25) is 0 Å². The monoisotopic (exact) mass is 421 g/mol. The maximum Gasteiger partial charge on any atom is 0.309 e. The third-order valence-corrected chi connectivity index (χ3v) is 7.13. The van der Waals surface area contributed by atoms with Crippen LogP contribution < -0.4 is 9.47 Å². The van der Waals surface area contributed by atoms with Gasteiger partial charge >= 0.3 is 5.97 Å². The van der Waals surface area contributed by atoms with E-state index in [1.165, 1.54) is 37.7 Å². The number of benzene rings is 2. The van der Waals surface area contributed by atoms with Gasteiger partial charge in [-0.05, 0) is 60.1 Å². The van der Waals surface area contributed by atoms with Crippen LogP contribution in [0.5, 0.6) is 11.5 Å². The molecule has 2 aromatic rings. The molecule has 1 saturated carbocycles. The molecule has 2 aromatic carbocycles. The fourth-order valence-electron chi connectivity index (χ4n) is 5.05. The number of carbonyl (C=O) groups is 1. The number of carboxylic acids is 1. The quantitative estimate of drug-likeness (QED) is 0.737. The molecule has 1 N–H and O–H groups in total. The molecule has 0 radical (unpaired) electrons. The second-order valence-corrected chi connectivity index (χ2v) is 9.32. The van der Waals surface area contributed by atoms with Crippen molar-refractivity contribution >= 4 is 5.97 Å². The molecule has 5 rings (SSSR count). The Kier molecular flexibility index (Phi) is 5.86. The van der Waals surface area contributed by atoms with Crippen LogP contribution in [-0.4, -0.2) is 48.3 Å². The summed E-state index contributed by atoms with van der Waals surface area (Å²) >= 11 is 0. The van der Waals surface area contributed by atoms with Crippen LogP contribution in [0.15, 0.2) is 42.5 Å². The van der Waals surface area contributed by atoms with Gasteiger partial charge in [0.25, 0.3) is 0 Å². The Morgan fingerprint density at radius 3 is 2.52 bits per heavy atom. The smallest absolute Gasteiger partial charge is 0.309 e. The summed E-state index contributed by atoms with van der Waals surface area (Å²) in [6.07, 6.45) is 7.57. The number of carboxylic acid groups (broad SMARTS) is 1. The van der Waals surface area contributed by atoms with Gasteiger partial charge in [0.05, 0.1) is 12.5 Å². The van der Waals surface area contributed by atoms with Crippen molar-refractivity contribution in [3.8, 4) is 22.6 Å². The fraction of sp³-hybridized carbons (Fsp3) is 0.500. The van der Waals surface area contributed by atoms with Crippen molar-refractivity contribution in [3.05, 3.63) is 48.0 Å². The summed E-state index contributed by atoms with van der Waals surface area (Å²) in [5, 5.41) is 9.09. The normalized spacial score (nSPS) is 22.3. The molecule has 2 fully saturated rings. The van der Waals surface area contributed by atoms with Crippen molar-refractivity contribution in [3.63, 3.8) is 0 Å². The zero-order valence-electron chi connectivity index (χ0n) is 18.0. The molecular weight excluding hydrogens is 390 g/mol. The zero-order valence-corrected chi connectivity index (χ0v) is 18.0. The second kappa shape index (κ2) is 8.91. The van der Waals surface area contributed by atoms with Gasteiger partial charge in [-0.15, -0.1) is 0 Å². The van der Waals surface area contributed by atoms with Gasteiger partial charge in [-0.25, -0.2) is 0 Å². The van der Waals surface area contributed by atoms with Crippen molar-refractivity contribution in [1.82, 2.24) is 4.90 Å². The molecule has 1 aliphatic carbocycles. The second-order valence-electron chi connectivity index (χ2n) is 9.32. The Balaban J connectivity index is 1.19. The van der Waals surface area contributed by atoms with Gasteiger partial charge in [-0.2, -0.15) is 0 Å². The van der Waals surface area contributed by atoms with Crippen LogP contribution in [-0.2, 0) is 11.2 Å². The van der Waals surface area contributed by atoms with Crippen molar-refractivity contribution in [1.29, 1.82) is 0 Å². The molecule has 5 nitrogen and oxygen atoms in total. The summed E-state index contributed by atoms with van der Waals surface area (Å²) in [6.45, 7) is 2.71. The number of nitrogens with zero attached hydrogens (tertiary/aromatic N) is 1. The van der Waals surface area contributed by atoms with E-state index < -0.39 is 5.97 Å². The molecule has 0 bridgehead atoms. The first-order valence-electron chi connectivity index (χ1n) is 11.6. The van der Waals surface area contributed by atoms with E-state index >= 15 is 0 Å². The minimum atomic E-state index is -0.691. The average Bonchev–Trinajstić information content (AvgIpc) is 2.77. The van der Waals surface area contributed by atoms with Gasteiger partial charge in [0.2, 0.25) is 0 Å². The average molecular weight is 422 g/mol. The van der Waals surface area contributed by atoms with Gasteiger partial charge in [0.15, 0.2) is 0 Å². The van der Waals surface area contributed by atoms with Crippen LogP contribution in [0.4, 0.5) is 0 Å². The molecule has 2 aliphatic heterocycles. The van der Waals surface area contributed by atoms with Gasteiger partial charge in [0, 0.05) is 19.1 Å². The number of rotatable bonds is 6. The first-order valence-corrected chi connectivity index (χ1v) is 11.6. The molecule has 5 heteroatoms. The highest BCUT2D eigenvalue weighted by Gasteiger charge is 2.38. The third kappa shape index (κ3) is 4.57. The number of likely N-dealkylation sites (tertiary alicyclic amines) is 1. The summed E-state index contributed by atoms with van der Waals surface area (Å²) in [4.78, 5) is 13.3. The Hall–Kier alpha value is -2.53. The topological polar surface area (TPSA) is 59.0 Å². The van der Waals surface area contributed by atoms with Crippen molar-refractivity contribution in [2.24, 2.45) is 11.8 Å². The number of hydrogen-bond donors (Lipinski definition) is 1. The molecule has 3 aliphatic rings.